The zero-order valence-electron chi connectivity index (χ0n) is 7.07. The Morgan fingerprint density at radius 1 is 1.79 bits per heavy atom. The summed E-state index contributed by atoms with van der Waals surface area (Å²) < 4.78 is 0.924. The van der Waals surface area contributed by atoms with Crippen molar-refractivity contribution in [3.05, 3.63) is 20.8 Å². The van der Waals surface area contributed by atoms with E-state index in [-0.39, 0.29) is 0 Å². The van der Waals surface area contributed by atoms with Crippen molar-refractivity contribution in [2.24, 2.45) is 0 Å². The van der Waals surface area contributed by atoms with Crippen molar-refractivity contribution in [2.45, 2.75) is 12.5 Å². The second-order valence-electron chi connectivity index (χ2n) is 2.61. The molecule has 0 aliphatic heterocycles. The third kappa shape index (κ3) is 3.12. The van der Waals surface area contributed by atoms with Gasteiger partial charge >= 0.3 is 5.97 Å². The van der Waals surface area contributed by atoms with Crippen LogP contribution < -0.4 is 5.32 Å². The van der Waals surface area contributed by atoms with Gasteiger partial charge in [-0.05, 0) is 22.0 Å². The molecule has 1 rings (SSSR count). The van der Waals surface area contributed by atoms with Crippen molar-refractivity contribution in [3.63, 3.8) is 0 Å². The Hall–Kier alpha value is -0.880. The van der Waals surface area contributed by atoms with E-state index in [9.17, 15) is 9.59 Å². The highest BCUT2D eigenvalue weighted by atomic mass is 79.9. The molecule has 0 spiro atoms. The third-order valence-corrected chi connectivity index (χ3v) is 3.31. The molecule has 1 aromatic rings. The summed E-state index contributed by atoms with van der Waals surface area (Å²) in [6, 6.07) is 0.991. The van der Waals surface area contributed by atoms with Gasteiger partial charge in [0.1, 0.15) is 6.04 Å². The van der Waals surface area contributed by atoms with Gasteiger partial charge in [-0.15, -0.1) is 11.3 Å². The first kappa shape index (κ1) is 11.2. The SMILES string of the molecule is O=CNC(Cc1cc(Br)cs1)C(=O)O. The minimum Gasteiger partial charge on any atom is -0.480 e. The molecule has 0 bridgehead atoms. The van der Waals surface area contributed by atoms with Gasteiger partial charge < -0.3 is 10.4 Å². The van der Waals surface area contributed by atoms with Crippen LogP contribution in [0.1, 0.15) is 4.88 Å². The van der Waals surface area contributed by atoms with Crippen molar-refractivity contribution in [2.75, 3.05) is 0 Å². The molecule has 4 nitrogen and oxygen atoms in total. The predicted molar refractivity (Wildman–Crippen MR) is 56.3 cm³/mol. The van der Waals surface area contributed by atoms with E-state index in [4.69, 9.17) is 5.11 Å². The van der Waals surface area contributed by atoms with Crippen LogP contribution in [0.3, 0.4) is 0 Å². The number of rotatable bonds is 5. The minimum absolute atomic E-state index is 0.310. The maximum atomic E-state index is 10.7. The minimum atomic E-state index is -1.03. The fraction of sp³-hybridized carbons (Fsp3) is 0.250. The van der Waals surface area contributed by atoms with Gasteiger partial charge in [0.15, 0.2) is 0 Å². The molecule has 0 saturated carbocycles. The number of thiophene rings is 1. The molecule has 76 valence electrons. The molecule has 14 heavy (non-hydrogen) atoms. The van der Waals surface area contributed by atoms with Crippen LogP contribution in [0.4, 0.5) is 0 Å². The zero-order chi connectivity index (χ0) is 10.6. The number of hydrogen-bond acceptors (Lipinski definition) is 3. The van der Waals surface area contributed by atoms with E-state index in [1.165, 1.54) is 11.3 Å². The molecule has 1 unspecified atom stereocenters. The van der Waals surface area contributed by atoms with Crippen LogP contribution in [0.2, 0.25) is 0 Å². The lowest BCUT2D eigenvalue weighted by Crippen LogP contribution is -2.37. The van der Waals surface area contributed by atoms with E-state index < -0.39 is 12.0 Å². The Kier molecular flexibility index (Phi) is 4.09. The van der Waals surface area contributed by atoms with Crippen LogP contribution in [0.25, 0.3) is 0 Å². The molecular formula is C8H8BrNO3S. The molecule has 0 radical (unpaired) electrons. The molecule has 6 heteroatoms. The van der Waals surface area contributed by atoms with E-state index >= 15 is 0 Å². The third-order valence-electron chi connectivity index (χ3n) is 1.59. The van der Waals surface area contributed by atoms with Crippen LogP contribution in [0.5, 0.6) is 0 Å². The lowest BCUT2D eigenvalue weighted by Gasteiger charge is -2.08. The van der Waals surface area contributed by atoms with E-state index in [0.717, 1.165) is 9.35 Å². The molecule has 1 heterocycles. The van der Waals surface area contributed by atoms with Crippen molar-refractivity contribution < 1.29 is 14.7 Å². The van der Waals surface area contributed by atoms with E-state index in [2.05, 4.69) is 21.2 Å². The molecule has 0 aromatic carbocycles. The number of amides is 1. The first-order chi connectivity index (χ1) is 6.63. The van der Waals surface area contributed by atoms with Gasteiger partial charge in [-0.25, -0.2) is 4.79 Å². The summed E-state index contributed by atoms with van der Waals surface area (Å²) in [6.45, 7) is 0. The molecular weight excluding hydrogens is 270 g/mol. The van der Waals surface area contributed by atoms with E-state index in [0.29, 0.717) is 12.8 Å². The Labute approximate surface area is 93.1 Å². The Bertz CT molecular complexity index is 339. The van der Waals surface area contributed by atoms with Crippen molar-refractivity contribution >= 4 is 39.6 Å². The fourth-order valence-electron chi connectivity index (χ4n) is 0.962. The smallest absolute Gasteiger partial charge is 0.326 e. The highest BCUT2D eigenvalue weighted by Gasteiger charge is 2.17. The number of carboxylic acid groups (broad SMARTS) is 1. The Morgan fingerprint density at radius 2 is 2.50 bits per heavy atom. The highest BCUT2D eigenvalue weighted by molar-refractivity contribution is 9.10. The topological polar surface area (TPSA) is 66.4 Å². The number of carbonyl (C=O) groups is 2. The van der Waals surface area contributed by atoms with Crippen molar-refractivity contribution in [3.8, 4) is 0 Å². The van der Waals surface area contributed by atoms with Crippen LogP contribution in [0.15, 0.2) is 15.9 Å². The van der Waals surface area contributed by atoms with Crippen LogP contribution >= 0.6 is 27.3 Å². The van der Waals surface area contributed by atoms with E-state index in [1.807, 2.05) is 11.4 Å². The molecule has 0 aliphatic rings. The molecule has 0 aliphatic carbocycles. The van der Waals surface area contributed by atoms with Gasteiger partial charge in [-0.2, -0.15) is 0 Å². The zero-order valence-corrected chi connectivity index (χ0v) is 9.47. The van der Waals surface area contributed by atoms with Crippen LogP contribution in [-0.4, -0.2) is 23.5 Å². The summed E-state index contributed by atoms with van der Waals surface area (Å²) in [7, 11) is 0. The second kappa shape index (κ2) is 5.11. The predicted octanol–water partition coefficient (Wildman–Crippen LogP) is 1.25. The largest absolute Gasteiger partial charge is 0.480 e. The Balaban J connectivity index is 2.64. The van der Waals surface area contributed by atoms with Crippen LogP contribution in [-0.2, 0) is 16.0 Å². The van der Waals surface area contributed by atoms with Gasteiger partial charge in [0.05, 0.1) is 0 Å². The van der Waals surface area contributed by atoms with Crippen molar-refractivity contribution in [1.29, 1.82) is 0 Å². The number of aliphatic carboxylic acids is 1. The number of carbonyl (C=O) groups excluding carboxylic acids is 1. The maximum Gasteiger partial charge on any atom is 0.326 e. The summed E-state index contributed by atoms with van der Waals surface area (Å²) in [6.07, 6.45) is 0.714. The number of hydrogen-bond donors (Lipinski definition) is 2. The molecule has 1 aromatic heterocycles. The standard InChI is InChI=1S/C8H8BrNO3S/c9-5-1-6(14-3-5)2-7(8(12)13)10-4-11/h1,3-4,7H,2H2,(H,10,11)(H,12,13). The molecule has 0 saturated heterocycles. The van der Waals surface area contributed by atoms with Gasteiger partial charge in [0, 0.05) is 21.2 Å². The lowest BCUT2D eigenvalue weighted by atomic mass is 10.2. The lowest BCUT2D eigenvalue weighted by molar-refractivity contribution is -0.140. The fourth-order valence-corrected chi connectivity index (χ4v) is 2.46. The van der Waals surface area contributed by atoms with Gasteiger partial charge in [-0.1, -0.05) is 0 Å². The highest BCUT2D eigenvalue weighted by Crippen LogP contribution is 2.20. The van der Waals surface area contributed by atoms with Gasteiger partial charge in [-0.3, -0.25) is 4.79 Å². The molecule has 0 fully saturated rings. The summed E-state index contributed by atoms with van der Waals surface area (Å²) >= 11 is 4.73. The monoisotopic (exact) mass is 277 g/mol. The van der Waals surface area contributed by atoms with Crippen LogP contribution in [0, 0.1) is 0 Å². The number of halogens is 1. The first-order valence-electron chi connectivity index (χ1n) is 3.79. The number of carboxylic acids is 1. The van der Waals surface area contributed by atoms with Gasteiger partial charge in [0.25, 0.3) is 0 Å². The van der Waals surface area contributed by atoms with Gasteiger partial charge in [0.2, 0.25) is 6.41 Å². The second-order valence-corrected chi connectivity index (χ2v) is 4.52. The maximum absolute atomic E-state index is 10.7. The van der Waals surface area contributed by atoms with E-state index in [1.54, 1.807) is 0 Å². The summed E-state index contributed by atoms with van der Waals surface area (Å²) in [5.74, 6) is -1.03. The Morgan fingerprint density at radius 3 is 2.93 bits per heavy atom. The molecule has 2 N–H and O–H groups in total. The number of nitrogens with one attached hydrogen (secondary N) is 1. The summed E-state index contributed by atoms with van der Waals surface area (Å²) in [4.78, 5) is 21.7. The quantitative estimate of drug-likeness (QED) is 0.797. The molecule has 1 amide bonds. The van der Waals surface area contributed by atoms with Crippen molar-refractivity contribution in [1.82, 2.24) is 5.32 Å². The molecule has 1 atom stereocenters. The average Bonchev–Trinajstić information content (AvgIpc) is 2.50. The summed E-state index contributed by atoms with van der Waals surface area (Å²) in [5, 5.41) is 12.9. The average molecular weight is 278 g/mol. The summed E-state index contributed by atoms with van der Waals surface area (Å²) in [5.41, 5.74) is 0. The first-order valence-corrected chi connectivity index (χ1v) is 5.46. The normalized spacial score (nSPS) is 12.1.